The number of carbonyl (C=O) groups excluding carboxylic acids is 1. The van der Waals surface area contributed by atoms with E-state index in [4.69, 9.17) is 9.47 Å². The summed E-state index contributed by atoms with van der Waals surface area (Å²) in [5.41, 5.74) is 3.66. The zero-order chi connectivity index (χ0) is 17.9. The van der Waals surface area contributed by atoms with Gasteiger partial charge in [0.1, 0.15) is 11.5 Å². The van der Waals surface area contributed by atoms with Crippen LogP contribution >= 0.6 is 0 Å². The van der Waals surface area contributed by atoms with Gasteiger partial charge in [0.05, 0.1) is 25.8 Å². The predicted octanol–water partition coefficient (Wildman–Crippen LogP) is 2.81. The average molecular weight is 331 g/mol. The van der Waals surface area contributed by atoms with E-state index < -0.39 is 0 Å². The fourth-order valence-corrected chi connectivity index (χ4v) is 2.99. The lowest BCUT2D eigenvalue weighted by atomic mass is 9.97. The molecule has 24 heavy (non-hydrogen) atoms. The molecule has 0 aliphatic rings. The highest BCUT2D eigenvalue weighted by Crippen LogP contribution is 2.27. The Hall–Kier alpha value is -2.50. The number of amides is 1. The van der Waals surface area contributed by atoms with Crippen LogP contribution in [0.25, 0.3) is 0 Å². The van der Waals surface area contributed by atoms with Gasteiger partial charge in [-0.3, -0.25) is 9.89 Å². The molecule has 6 heteroatoms. The first-order chi connectivity index (χ1) is 11.4. The molecule has 0 aliphatic carbocycles. The molecule has 0 unspecified atom stereocenters. The Kier molecular flexibility index (Phi) is 5.49. The fraction of sp³-hybridized carbons (Fsp3) is 0.444. The minimum absolute atomic E-state index is 0.0347. The number of H-pyrrole nitrogens is 1. The topological polar surface area (TPSA) is 67.5 Å². The van der Waals surface area contributed by atoms with Crippen molar-refractivity contribution in [1.82, 2.24) is 15.1 Å². The second-order valence-corrected chi connectivity index (χ2v) is 5.94. The summed E-state index contributed by atoms with van der Waals surface area (Å²) >= 11 is 0. The molecule has 0 spiro atoms. The van der Waals surface area contributed by atoms with Crippen molar-refractivity contribution in [2.45, 2.75) is 33.2 Å². The molecule has 0 bridgehead atoms. The molecule has 6 nitrogen and oxygen atoms in total. The van der Waals surface area contributed by atoms with Crippen molar-refractivity contribution in [2.75, 3.05) is 21.3 Å². The molecule has 2 aromatic rings. The maximum Gasteiger partial charge on any atom is 0.230 e. The Morgan fingerprint density at radius 3 is 2.54 bits per heavy atom. The van der Waals surface area contributed by atoms with E-state index in [-0.39, 0.29) is 11.8 Å². The quantitative estimate of drug-likeness (QED) is 0.884. The van der Waals surface area contributed by atoms with Gasteiger partial charge in [-0.1, -0.05) is 0 Å². The molecule has 0 radical (unpaired) electrons. The monoisotopic (exact) mass is 331 g/mol. The van der Waals surface area contributed by atoms with Gasteiger partial charge in [-0.2, -0.15) is 5.10 Å². The number of aromatic nitrogens is 2. The van der Waals surface area contributed by atoms with Crippen LogP contribution in [0, 0.1) is 13.8 Å². The number of ether oxygens (including phenoxy) is 2. The van der Waals surface area contributed by atoms with Crippen LogP contribution in [0.4, 0.5) is 0 Å². The van der Waals surface area contributed by atoms with Gasteiger partial charge in [0.15, 0.2) is 0 Å². The maximum absolute atomic E-state index is 12.8. The summed E-state index contributed by atoms with van der Waals surface area (Å²) in [5, 5.41) is 7.12. The highest BCUT2D eigenvalue weighted by Gasteiger charge is 2.24. The predicted molar refractivity (Wildman–Crippen MR) is 92.5 cm³/mol. The van der Waals surface area contributed by atoms with Crippen LogP contribution < -0.4 is 9.47 Å². The molecular weight excluding hydrogens is 306 g/mol. The van der Waals surface area contributed by atoms with Crippen molar-refractivity contribution < 1.29 is 14.3 Å². The number of hydrogen-bond acceptors (Lipinski definition) is 4. The molecule has 1 aromatic carbocycles. The average Bonchev–Trinajstić information content (AvgIpc) is 2.91. The number of aromatic amines is 1. The Bertz CT molecular complexity index is 705. The lowest BCUT2D eigenvalue weighted by molar-refractivity contribution is -0.131. The van der Waals surface area contributed by atoms with Crippen LogP contribution in [-0.2, 0) is 11.3 Å². The number of rotatable bonds is 6. The molecule has 0 saturated carbocycles. The van der Waals surface area contributed by atoms with Gasteiger partial charge in [-0.15, -0.1) is 0 Å². The van der Waals surface area contributed by atoms with Crippen LogP contribution in [0.15, 0.2) is 18.2 Å². The third kappa shape index (κ3) is 3.53. The van der Waals surface area contributed by atoms with Crippen molar-refractivity contribution >= 4 is 5.91 Å². The first kappa shape index (κ1) is 17.8. The van der Waals surface area contributed by atoms with Crippen molar-refractivity contribution in [1.29, 1.82) is 0 Å². The minimum Gasteiger partial charge on any atom is -0.497 e. The zero-order valence-electron chi connectivity index (χ0n) is 15.1. The number of aryl methyl sites for hydroxylation is 2. The van der Waals surface area contributed by atoms with Crippen LogP contribution in [0.3, 0.4) is 0 Å². The number of nitrogens with one attached hydrogen (secondary N) is 1. The fourth-order valence-electron chi connectivity index (χ4n) is 2.99. The molecule has 1 amide bonds. The standard InChI is InChI=1S/C18H25N3O3/c1-11(17-12(2)19-20-13(17)3)18(22)21(4)10-14-9-15(23-5)7-8-16(14)24-6/h7-9,11H,10H2,1-6H3,(H,19,20)/t11-/m0/s1. The SMILES string of the molecule is COc1ccc(OC)c(CN(C)C(=O)[C@@H](C)c2c(C)n[nH]c2C)c1. The molecule has 130 valence electrons. The first-order valence-electron chi connectivity index (χ1n) is 7.86. The van der Waals surface area contributed by atoms with E-state index >= 15 is 0 Å². The number of benzene rings is 1. The van der Waals surface area contributed by atoms with E-state index in [0.717, 1.165) is 34.0 Å². The largest absolute Gasteiger partial charge is 0.497 e. The number of nitrogens with zero attached hydrogens (tertiary/aromatic N) is 2. The molecular formula is C18H25N3O3. The molecule has 1 heterocycles. The molecule has 1 aromatic heterocycles. The van der Waals surface area contributed by atoms with E-state index in [0.29, 0.717) is 6.54 Å². The number of likely N-dealkylation sites (N-methyl/N-ethyl adjacent to an activating group) is 1. The molecule has 1 atom stereocenters. The molecule has 0 aliphatic heterocycles. The lowest BCUT2D eigenvalue weighted by Gasteiger charge is -2.23. The molecule has 2 rings (SSSR count). The van der Waals surface area contributed by atoms with Crippen molar-refractivity contribution in [3.05, 3.63) is 40.7 Å². The summed E-state index contributed by atoms with van der Waals surface area (Å²) < 4.78 is 10.7. The number of hydrogen-bond donors (Lipinski definition) is 1. The zero-order valence-corrected chi connectivity index (χ0v) is 15.1. The van der Waals surface area contributed by atoms with Gasteiger partial charge in [-0.05, 0) is 39.0 Å². The Balaban J connectivity index is 2.20. The first-order valence-corrected chi connectivity index (χ1v) is 7.86. The van der Waals surface area contributed by atoms with Crippen LogP contribution in [0.2, 0.25) is 0 Å². The third-order valence-corrected chi connectivity index (χ3v) is 4.26. The van der Waals surface area contributed by atoms with Crippen molar-refractivity contribution in [3.8, 4) is 11.5 Å². The summed E-state index contributed by atoms with van der Waals surface area (Å²) in [6.07, 6.45) is 0. The summed E-state index contributed by atoms with van der Waals surface area (Å²) in [5.74, 6) is 1.25. The third-order valence-electron chi connectivity index (χ3n) is 4.26. The van der Waals surface area contributed by atoms with Gasteiger partial charge in [0.2, 0.25) is 5.91 Å². The Labute approximate surface area is 142 Å². The highest BCUT2D eigenvalue weighted by molar-refractivity contribution is 5.83. The highest BCUT2D eigenvalue weighted by atomic mass is 16.5. The second-order valence-electron chi connectivity index (χ2n) is 5.94. The normalized spacial score (nSPS) is 11.9. The summed E-state index contributed by atoms with van der Waals surface area (Å²) in [4.78, 5) is 14.5. The van der Waals surface area contributed by atoms with Gasteiger partial charge >= 0.3 is 0 Å². The summed E-state index contributed by atoms with van der Waals surface area (Å²) in [7, 11) is 5.03. The smallest absolute Gasteiger partial charge is 0.230 e. The molecule has 0 saturated heterocycles. The second kappa shape index (κ2) is 7.38. The van der Waals surface area contributed by atoms with Crippen molar-refractivity contribution in [2.24, 2.45) is 0 Å². The minimum atomic E-state index is -0.259. The van der Waals surface area contributed by atoms with E-state index in [1.807, 2.05) is 39.0 Å². The molecule has 0 fully saturated rings. The summed E-state index contributed by atoms with van der Waals surface area (Å²) in [6, 6.07) is 5.58. The molecule has 1 N–H and O–H groups in total. The van der Waals surface area contributed by atoms with Crippen LogP contribution in [0.1, 0.15) is 35.4 Å². The van der Waals surface area contributed by atoms with E-state index in [9.17, 15) is 4.79 Å². The number of carbonyl (C=O) groups is 1. The van der Waals surface area contributed by atoms with E-state index in [1.54, 1.807) is 26.2 Å². The van der Waals surface area contributed by atoms with E-state index in [2.05, 4.69) is 10.2 Å². The maximum atomic E-state index is 12.8. The van der Waals surface area contributed by atoms with Gasteiger partial charge in [-0.25, -0.2) is 0 Å². The lowest BCUT2D eigenvalue weighted by Crippen LogP contribution is -2.30. The van der Waals surface area contributed by atoms with E-state index in [1.165, 1.54) is 0 Å². The summed E-state index contributed by atoms with van der Waals surface area (Å²) in [6.45, 7) is 6.20. The Morgan fingerprint density at radius 2 is 2.00 bits per heavy atom. The van der Waals surface area contributed by atoms with Crippen molar-refractivity contribution in [3.63, 3.8) is 0 Å². The van der Waals surface area contributed by atoms with Crippen LogP contribution in [-0.4, -0.2) is 42.3 Å². The van der Waals surface area contributed by atoms with Crippen LogP contribution in [0.5, 0.6) is 11.5 Å². The van der Waals surface area contributed by atoms with Gasteiger partial charge in [0.25, 0.3) is 0 Å². The number of methoxy groups -OCH3 is 2. The Morgan fingerprint density at radius 1 is 1.29 bits per heavy atom. The van der Waals surface area contributed by atoms with Gasteiger partial charge < -0.3 is 14.4 Å². The van der Waals surface area contributed by atoms with Gasteiger partial charge in [0, 0.05) is 30.4 Å².